The van der Waals surface area contributed by atoms with Crippen LogP contribution in [0.25, 0.3) is 0 Å². The van der Waals surface area contributed by atoms with E-state index >= 15 is 0 Å². The molecule has 18 heavy (non-hydrogen) atoms. The van der Waals surface area contributed by atoms with Crippen LogP contribution in [0.5, 0.6) is 11.5 Å². The predicted octanol–water partition coefficient (Wildman–Crippen LogP) is 4.29. The lowest BCUT2D eigenvalue weighted by Gasteiger charge is -2.11. The molecule has 2 aromatic rings. The van der Waals surface area contributed by atoms with Gasteiger partial charge < -0.3 is 10.5 Å². The number of hydrogen-bond acceptors (Lipinski definition) is 2. The van der Waals surface area contributed by atoms with Crippen LogP contribution in [-0.4, -0.2) is 5.84 Å². The zero-order valence-electron chi connectivity index (χ0n) is 9.28. The predicted molar refractivity (Wildman–Crippen MR) is 79.4 cm³/mol. The molecule has 3 N–H and O–H groups in total. The summed E-state index contributed by atoms with van der Waals surface area (Å²) in [5.41, 5.74) is 6.12. The first-order chi connectivity index (χ1) is 8.58. The lowest BCUT2D eigenvalue weighted by atomic mass is 10.2. The SMILES string of the molecule is N=C(N)c1c(Br)cccc1Oc1cccc(Br)c1. The minimum atomic E-state index is -0.0347. The maximum atomic E-state index is 7.58. The van der Waals surface area contributed by atoms with Crippen molar-refractivity contribution in [2.24, 2.45) is 5.73 Å². The van der Waals surface area contributed by atoms with Crippen LogP contribution in [0.3, 0.4) is 0 Å². The van der Waals surface area contributed by atoms with Gasteiger partial charge in [-0.05, 0) is 46.3 Å². The summed E-state index contributed by atoms with van der Waals surface area (Å²) in [6.07, 6.45) is 0. The van der Waals surface area contributed by atoms with Crippen LogP contribution >= 0.6 is 31.9 Å². The second-order valence-corrected chi connectivity index (χ2v) is 5.36. The molecule has 92 valence electrons. The quantitative estimate of drug-likeness (QED) is 0.626. The highest BCUT2D eigenvalue weighted by atomic mass is 79.9. The minimum Gasteiger partial charge on any atom is -0.457 e. The molecule has 0 heterocycles. The Bertz CT molecular complexity index is 599. The van der Waals surface area contributed by atoms with Crippen LogP contribution in [0.15, 0.2) is 51.4 Å². The Morgan fingerprint density at radius 1 is 1.11 bits per heavy atom. The van der Waals surface area contributed by atoms with E-state index in [1.807, 2.05) is 36.4 Å². The van der Waals surface area contributed by atoms with Crippen LogP contribution in [0, 0.1) is 5.41 Å². The summed E-state index contributed by atoms with van der Waals surface area (Å²) in [7, 11) is 0. The highest BCUT2D eigenvalue weighted by Crippen LogP contribution is 2.31. The third kappa shape index (κ3) is 2.91. The maximum Gasteiger partial charge on any atom is 0.139 e. The van der Waals surface area contributed by atoms with Gasteiger partial charge in [0.1, 0.15) is 17.3 Å². The van der Waals surface area contributed by atoms with E-state index in [0.717, 1.165) is 8.95 Å². The fourth-order valence-electron chi connectivity index (χ4n) is 1.51. The van der Waals surface area contributed by atoms with Gasteiger partial charge in [-0.15, -0.1) is 0 Å². The zero-order chi connectivity index (χ0) is 13.1. The van der Waals surface area contributed by atoms with E-state index < -0.39 is 0 Å². The van der Waals surface area contributed by atoms with Gasteiger partial charge >= 0.3 is 0 Å². The first kappa shape index (κ1) is 13.1. The van der Waals surface area contributed by atoms with E-state index in [0.29, 0.717) is 17.1 Å². The molecule has 0 bridgehead atoms. The average molecular weight is 370 g/mol. The van der Waals surface area contributed by atoms with Gasteiger partial charge in [0.2, 0.25) is 0 Å². The molecule has 0 aliphatic rings. The molecule has 0 amide bonds. The Hall–Kier alpha value is -1.33. The molecule has 0 aromatic heterocycles. The van der Waals surface area contributed by atoms with Gasteiger partial charge in [0.15, 0.2) is 0 Å². The van der Waals surface area contributed by atoms with Gasteiger partial charge in [-0.3, -0.25) is 5.41 Å². The number of benzene rings is 2. The normalized spacial score (nSPS) is 10.1. The number of halogens is 2. The van der Waals surface area contributed by atoms with Crippen LogP contribution < -0.4 is 10.5 Å². The Balaban J connectivity index is 2.40. The van der Waals surface area contributed by atoms with E-state index in [4.69, 9.17) is 15.9 Å². The van der Waals surface area contributed by atoms with Gasteiger partial charge in [0.05, 0.1) is 5.56 Å². The fourth-order valence-corrected chi connectivity index (χ4v) is 2.45. The molecule has 0 spiro atoms. The average Bonchev–Trinajstić information content (AvgIpc) is 2.28. The molecular formula is C13H10Br2N2O. The third-order valence-corrected chi connectivity index (χ3v) is 3.42. The molecule has 2 aromatic carbocycles. The minimum absolute atomic E-state index is 0.0347. The number of nitrogen functional groups attached to an aromatic ring is 1. The smallest absolute Gasteiger partial charge is 0.139 e. The lowest BCUT2D eigenvalue weighted by molar-refractivity contribution is 0.481. The van der Waals surface area contributed by atoms with Crippen molar-refractivity contribution < 1.29 is 4.74 Å². The van der Waals surface area contributed by atoms with Crippen LogP contribution in [0.2, 0.25) is 0 Å². The topological polar surface area (TPSA) is 59.1 Å². The van der Waals surface area contributed by atoms with Crippen molar-refractivity contribution >= 4 is 37.7 Å². The summed E-state index contributed by atoms with van der Waals surface area (Å²) < 4.78 is 7.42. The molecule has 0 aliphatic heterocycles. The largest absolute Gasteiger partial charge is 0.457 e. The van der Waals surface area contributed by atoms with E-state index in [2.05, 4.69) is 31.9 Å². The van der Waals surface area contributed by atoms with Gasteiger partial charge in [0.25, 0.3) is 0 Å². The monoisotopic (exact) mass is 368 g/mol. The lowest BCUT2D eigenvalue weighted by Crippen LogP contribution is -2.13. The molecule has 0 fully saturated rings. The van der Waals surface area contributed by atoms with E-state index in [1.54, 1.807) is 6.07 Å². The van der Waals surface area contributed by atoms with Crippen molar-refractivity contribution in [1.29, 1.82) is 5.41 Å². The van der Waals surface area contributed by atoms with Crippen LogP contribution in [0.1, 0.15) is 5.56 Å². The van der Waals surface area contributed by atoms with Crippen LogP contribution in [-0.2, 0) is 0 Å². The molecule has 0 saturated heterocycles. The van der Waals surface area contributed by atoms with Gasteiger partial charge in [0, 0.05) is 8.95 Å². The molecule has 2 rings (SSSR count). The first-order valence-corrected chi connectivity index (χ1v) is 6.73. The first-order valence-electron chi connectivity index (χ1n) is 5.14. The number of nitrogens with one attached hydrogen (secondary N) is 1. The Kier molecular flexibility index (Phi) is 4.04. The highest BCUT2D eigenvalue weighted by Gasteiger charge is 2.11. The van der Waals surface area contributed by atoms with Crippen molar-refractivity contribution in [2.75, 3.05) is 0 Å². The number of amidine groups is 1. The molecular weight excluding hydrogens is 360 g/mol. The molecule has 0 radical (unpaired) electrons. The number of hydrogen-bond donors (Lipinski definition) is 2. The van der Waals surface area contributed by atoms with Gasteiger partial charge in [-0.1, -0.05) is 28.1 Å². The Morgan fingerprint density at radius 2 is 1.83 bits per heavy atom. The molecule has 0 atom stereocenters. The summed E-state index contributed by atoms with van der Waals surface area (Å²) >= 11 is 6.75. The standard InChI is InChI=1S/C13H10Br2N2O/c14-8-3-1-4-9(7-8)18-11-6-2-5-10(15)12(11)13(16)17/h1-7H,(H3,16,17). The Labute approximate surface area is 122 Å². The molecule has 3 nitrogen and oxygen atoms in total. The zero-order valence-corrected chi connectivity index (χ0v) is 12.5. The van der Waals surface area contributed by atoms with E-state index in [9.17, 15) is 0 Å². The number of nitrogens with two attached hydrogens (primary N) is 1. The molecule has 0 saturated carbocycles. The number of ether oxygens (including phenoxy) is 1. The summed E-state index contributed by atoms with van der Waals surface area (Å²) in [5.74, 6) is 1.20. The fraction of sp³-hybridized carbons (Fsp3) is 0. The van der Waals surface area contributed by atoms with E-state index in [1.165, 1.54) is 0 Å². The summed E-state index contributed by atoms with van der Waals surface area (Å²) in [6, 6.07) is 12.9. The second-order valence-electron chi connectivity index (χ2n) is 3.59. The highest BCUT2D eigenvalue weighted by molar-refractivity contribution is 9.10. The molecule has 0 unspecified atom stereocenters. The summed E-state index contributed by atoms with van der Waals surface area (Å²) in [4.78, 5) is 0. The van der Waals surface area contributed by atoms with Crippen molar-refractivity contribution in [3.63, 3.8) is 0 Å². The van der Waals surface area contributed by atoms with Crippen molar-refractivity contribution in [1.82, 2.24) is 0 Å². The van der Waals surface area contributed by atoms with Crippen molar-refractivity contribution in [2.45, 2.75) is 0 Å². The second kappa shape index (κ2) is 5.54. The molecule has 0 aliphatic carbocycles. The molecule has 5 heteroatoms. The van der Waals surface area contributed by atoms with Crippen molar-refractivity contribution in [3.05, 3.63) is 57.0 Å². The Morgan fingerprint density at radius 3 is 2.50 bits per heavy atom. The van der Waals surface area contributed by atoms with Gasteiger partial charge in [-0.25, -0.2) is 0 Å². The van der Waals surface area contributed by atoms with E-state index in [-0.39, 0.29) is 5.84 Å². The summed E-state index contributed by atoms with van der Waals surface area (Å²) in [6.45, 7) is 0. The van der Waals surface area contributed by atoms with Crippen molar-refractivity contribution in [3.8, 4) is 11.5 Å². The summed E-state index contributed by atoms with van der Waals surface area (Å²) in [5, 5.41) is 7.58. The third-order valence-electron chi connectivity index (χ3n) is 2.27. The maximum absolute atomic E-state index is 7.58. The van der Waals surface area contributed by atoms with Gasteiger partial charge in [-0.2, -0.15) is 0 Å². The number of rotatable bonds is 3. The van der Waals surface area contributed by atoms with Crippen LogP contribution in [0.4, 0.5) is 0 Å².